The molecule has 0 bridgehead atoms. The van der Waals surface area contributed by atoms with Crippen molar-refractivity contribution < 1.29 is 4.79 Å². The van der Waals surface area contributed by atoms with Crippen LogP contribution in [0.2, 0.25) is 0 Å². The number of pyridine rings is 1. The molecule has 2 aromatic heterocycles. The predicted molar refractivity (Wildman–Crippen MR) is 64.2 cm³/mol. The highest BCUT2D eigenvalue weighted by Crippen LogP contribution is 2.32. The number of hydrogen-bond donors (Lipinski definition) is 0. The zero-order chi connectivity index (χ0) is 11.7. The molecule has 1 aliphatic carbocycles. The van der Waals surface area contributed by atoms with Gasteiger partial charge < -0.3 is 0 Å². The van der Waals surface area contributed by atoms with Crippen LogP contribution in [0.5, 0.6) is 0 Å². The van der Waals surface area contributed by atoms with Crippen molar-refractivity contribution in [1.29, 1.82) is 0 Å². The fourth-order valence-electron chi connectivity index (χ4n) is 2.32. The maximum Gasteiger partial charge on any atom is 0.193 e. The van der Waals surface area contributed by atoms with E-state index in [0.717, 1.165) is 25.0 Å². The summed E-state index contributed by atoms with van der Waals surface area (Å²) < 4.78 is 3.74. The number of aromatic nitrogens is 3. The second-order valence-electron chi connectivity index (χ2n) is 4.15. The van der Waals surface area contributed by atoms with E-state index >= 15 is 0 Å². The highest BCUT2D eigenvalue weighted by molar-refractivity contribution is 7.03. The van der Waals surface area contributed by atoms with E-state index in [2.05, 4.69) is 20.6 Å². The molecule has 5 heteroatoms. The third-order valence-corrected chi connectivity index (χ3v) is 3.63. The van der Waals surface area contributed by atoms with Crippen molar-refractivity contribution >= 4 is 17.3 Å². The summed E-state index contributed by atoms with van der Waals surface area (Å²) in [6.45, 7) is 0. The number of carbonyl (C=O) groups excluding carboxylic acids is 1. The largest absolute Gasteiger partial charge is 0.292 e. The maximum atomic E-state index is 12.3. The SMILES string of the molecule is O=C(c1csnn1)C1CCCc2cccnc21. The van der Waals surface area contributed by atoms with Crippen molar-refractivity contribution in [3.63, 3.8) is 0 Å². The number of Topliss-reactive ketones (excluding diaryl/α,β-unsaturated/α-hetero) is 1. The summed E-state index contributed by atoms with van der Waals surface area (Å²) in [5.41, 5.74) is 2.59. The van der Waals surface area contributed by atoms with Crippen LogP contribution in [-0.2, 0) is 6.42 Å². The van der Waals surface area contributed by atoms with Crippen molar-refractivity contribution in [3.8, 4) is 0 Å². The third-order valence-electron chi connectivity index (χ3n) is 3.12. The van der Waals surface area contributed by atoms with Crippen LogP contribution in [0.15, 0.2) is 23.7 Å². The molecule has 86 valence electrons. The quantitative estimate of drug-likeness (QED) is 0.761. The van der Waals surface area contributed by atoms with E-state index in [1.54, 1.807) is 11.6 Å². The molecule has 1 aliphatic rings. The Morgan fingerprint density at radius 2 is 2.41 bits per heavy atom. The smallest absolute Gasteiger partial charge is 0.193 e. The van der Waals surface area contributed by atoms with E-state index in [-0.39, 0.29) is 11.7 Å². The highest BCUT2D eigenvalue weighted by atomic mass is 32.1. The van der Waals surface area contributed by atoms with Crippen LogP contribution in [0.25, 0.3) is 0 Å². The lowest BCUT2D eigenvalue weighted by Gasteiger charge is -2.22. The van der Waals surface area contributed by atoms with E-state index < -0.39 is 0 Å². The van der Waals surface area contributed by atoms with E-state index in [9.17, 15) is 4.79 Å². The molecular weight excluding hydrogens is 234 g/mol. The maximum absolute atomic E-state index is 12.3. The van der Waals surface area contributed by atoms with Crippen molar-refractivity contribution in [2.75, 3.05) is 0 Å². The van der Waals surface area contributed by atoms with Gasteiger partial charge in [-0.1, -0.05) is 10.6 Å². The Morgan fingerprint density at radius 3 is 3.24 bits per heavy atom. The molecule has 0 saturated carbocycles. The van der Waals surface area contributed by atoms with E-state index in [4.69, 9.17) is 0 Å². The fourth-order valence-corrected chi connectivity index (χ4v) is 2.76. The van der Waals surface area contributed by atoms with Crippen LogP contribution < -0.4 is 0 Å². The second kappa shape index (κ2) is 4.33. The second-order valence-corrected chi connectivity index (χ2v) is 4.76. The molecule has 2 aromatic rings. The molecule has 0 radical (unpaired) electrons. The third kappa shape index (κ3) is 1.86. The zero-order valence-electron chi connectivity index (χ0n) is 9.17. The molecule has 2 heterocycles. The summed E-state index contributed by atoms with van der Waals surface area (Å²) in [6.07, 6.45) is 4.67. The Hall–Kier alpha value is -1.62. The van der Waals surface area contributed by atoms with Gasteiger partial charge in [-0.05, 0) is 42.4 Å². The molecule has 0 aliphatic heterocycles. The van der Waals surface area contributed by atoms with Crippen LogP contribution in [0.1, 0.15) is 40.5 Å². The summed E-state index contributed by atoms with van der Waals surface area (Å²) in [6, 6.07) is 3.98. The first-order valence-corrected chi connectivity index (χ1v) is 6.45. The first-order chi connectivity index (χ1) is 8.36. The Labute approximate surface area is 103 Å². The molecular formula is C12H11N3OS. The lowest BCUT2D eigenvalue weighted by Crippen LogP contribution is -2.20. The van der Waals surface area contributed by atoms with Crippen molar-refractivity contribution in [2.24, 2.45) is 0 Å². The van der Waals surface area contributed by atoms with Crippen LogP contribution in [0.4, 0.5) is 0 Å². The van der Waals surface area contributed by atoms with Gasteiger partial charge in [-0.2, -0.15) is 0 Å². The van der Waals surface area contributed by atoms with Crippen LogP contribution in [-0.4, -0.2) is 20.4 Å². The topological polar surface area (TPSA) is 55.7 Å². The molecule has 1 atom stereocenters. The van der Waals surface area contributed by atoms with E-state index in [1.165, 1.54) is 17.1 Å². The van der Waals surface area contributed by atoms with Crippen molar-refractivity contribution in [3.05, 3.63) is 40.7 Å². The molecule has 0 fully saturated rings. The minimum absolute atomic E-state index is 0.0541. The first kappa shape index (κ1) is 10.5. The Bertz CT molecular complexity index is 538. The van der Waals surface area contributed by atoms with Gasteiger partial charge in [0.25, 0.3) is 0 Å². The predicted octanol–water partition coefficient (Wildman–Crippen LogP) is 2.24. The molecule has 0 spiro atoms. The Kier molecular flexibility index (Phi) is 2.68. The van der Waals surface area contributed by atoms with Gasteiger partial charge in [0.2, 0.25) is 0 Å². The average Bonchev–Trinajstić information content (AvgIpc) is 2.91. The van der Waals surface area contributed by atoms with E-state index in [0.29, 0.717) is 5.69 Å². The summed E-state index contributed by atoms with van der Waals surface area (Å²) >= 11 is 1.21. The van der Waals surface area contributed by atoms with Gasteiger partial charge in [-0.25, -0.2) is 0 Å². The molecule has 0 saturated heterocycles. The van der Waals surface area contributed by atoms with Gasteiger partial charge in [0.15, 0.2) is 5.78 Å². The number of ketones is 1. The normalized spacial score (nSPS) is 18.7. The lowest BCUT2D eigenvalue weighted by atomic mass is 9.83. The molecule has 0 amide bonds. The van der Waals surface area contributed by atoms with E-state index in [1.807, 2.05) is 6.07 Å². The molecule has 17 heavy (non-hydrogen) atoms. The molecule has 3 rings (SSSR count). The zero-order valence-corrected chi connectivity index (χ0v) is 9.98. The highest BCUT2D eigenvalue weighted by Gasteiger charge is 2.29. The number of nitrogens with zero attached hydrogens (tertiary/aromatic N) is 3. The number of carbonyl (C=O) groups is 1. The summed E-state index contributed by atoms with van der Waals surface area (Å²) in [7, 11) is 0. The van der Waals surface area contributed by atoms with Gasteiger partial charge in [0.1, 0.15) is 5.69 Å². The van der Waals surface area contributed by atoms with Crippen LogP contribution in [0, 0.1) is 0 Å². The summed E-state index contributed by atoms with van der Waals surface area (Å²) in [4.78, 5) is 16.7. The minimum Gasteiger partial charge on any atom is -0.292 e. The van der Waals surface area contributed by atoms with Gasteiger partial charge in [0.05, 0.1) is 11.6 Å². The Morgan fingerprint density at radius 1 is 1.47 bits per heavy atom. The fraction of sp³-hybridized carbons (Fsp3) is 0.333. The summed E-state index contributed by atoms with van der Waals surface area (Å²) in [5, 5.41) is 5.56. The first-order valence-electron chi connectivity index (χ1n) is 5.61. The number of hydrogen-bond acceptors (Lipinski definition) is 5. The van der Waals surface area contributed by atoms with Gasteiger partial charge in [0, 0.05) is 11.6 Å². The van der Waals surface area contributed by atoms with Crippen molar-refractivity contribution in [1.82, 2.24) is 14.6 Å². The number of aryl methyl sites for hydroxylation is 1. The molecule has 0 aromatic carbocycles. The monoisotopic (exact) mass is 245 g/mol. The lowest BCUT2D eigenvalue weighted by molar-refractivity contribution is 0.0944. The van der Waals surface area contributed by atoms with Crippen LogP contribution in [0.3, 0.4) is 0 Å². The molecule has 1 unspecified atom stereocenters. The van der Waals surface area contributed by atoms with Crippen molar-refractivity contribution in [2.45, 2.75) is 25.2 Å². The summed E-state index contributed by atoms with van der Waals surface area (Å²) in [5.74, 6) is -0.0813. The number of rotatable bonds is 2. The van der Waals surface area contributed by atoms with Crippen LogP contribution >= 0.6 is 11.5 Å². The minimum atomic E-state index is -0.135. The Balaban J connectivity index is 1.98. The standard InChI is InChI=1S/C12H11N3OS/c16-12(10-7-17-15-14-10)9-5-1-3-8-4-2-6-13-11(8)9/h2,4,6-7,9H,1,3,5H2. The van der Waals surface area contributed by atoms with Gasteiger partial charge in [-0.3, -0.25) is 9.78 Å². The van der Waals surface area contributed by atoms with Gasteiger partial charge in [-0.15, -0.1) is 5.10 Å². The average molecular weight is 245 g/mol. The molecule has 0 N–H and O–H groups in total. The number of fused-ring (bicyclic) bond motifs is 1. The van der Waals surface area contributed by atoms with Gasteiger partial charge >= 0.3 is 0 Å². The molecule has 4 nitrogen and oxygen atoms in total.